The summed E-state index contributed by atoms with van der Waals surface area (Å²) in [6.07, 6.45) is 0.541. The first-order valence-electron chi connectivity index (χ1n) is 6.62. The summed E-state index contributed by atoms with van der Waals surface area (Å²) >= 11 is 0. The normalized spacial score (nSPS) is 14.0. The van der Waals surface area contributed by atoms with Gasteiger partial charge in [0.15, 0.2) is 17.7 Å². The first kappa shape index (κ1) is 14.4. The van der Waals surface area contributed by atoms with Gasteiger partial charge < -0.3 is 19.3 Å². The minimum Gasteiger partial charge on any atom is -0.454 e. The highest BCUT2D eigenvalue weighted by molar-refractivity contribution is 5.45. The van der Waals surface area contributed by atoms with Crippen molar-refractivity contribution in [3.05, 3.63) is 56.9 Å². The van der Waals surface area contributed by atoms with Crippen LogP contribution in [0.5, 0.6) is 11.5 Å². The van der Waals surface area contributed by atoms with Crippen LogP contribution < -0.4 is 20.7 Å². The monoisotopic (exact) mass is 306 g/mol. The summed E-state index contributed by atoms with van der Waals surface area (Å²) in [5.74, 6) is 1.16. The molecule has 8 heteroatoms. The summed E-state index contributed by atoms with van der Waals surface area (Å²) < 4.78 is 17.3. The number of aromatic nitrogens is 2. The van der Waals surface area contributed by atoms with Crippen LogP contribution in [0.2, 0.25) is 0 Å². The lowest BCUT2D eigenvalue weighted by Gasteiger charge is -2.20. The maximum absolute atomic E-state index is 12.0. The molecule has 1 unspecified atom stereocenters. The fraction of sp³-hybridized carbons (Fsp3) is 0.286. The maximum atomic E-state index is 12.0. The molecule has 0 bridgehead atoms. The van der Waals surface area contributed by atoms with Crippen LogP contribution in [-0.4, -0.2) is 34.7 Å². The number of ether oxygens (including phenoxy) is 3. The molecular weight excluding hydrogens is 292 g/mol. The zero-order chi connectivity index (χ0) is 15.5. The highest BCUT2D eigenvalue weighted by atomic mass is 16.7. The van der Waals surface area contributed by atoms with Gasteiger partial charge in [0.1, 0.15) is 0 Å². The van der Waals surface area contributed by atoms with Crippen molar-refractivity contribution in [2.75, 3.05) is 20.0 Å². The molecule has 1 aromatic heterocycles. The van der Waals surface area contributed by atoms with Gasteiger partial charge in [-0.1, -0.05) is 6.07 Å². The molecule has 8 nitrogen and oxygen atoms in total. The van der Waals surface area contributed by atoms with E-state index in [1.54, 1.807) is 18.2 Å². The molecule has 0 saturated heterocycles. The molecule has 0 spiro atoms. The molecule has 2 N–H and O–H groups in total. The van der Waals surface area contributed by atoms with Gasteiger partial charge in [0.05, 0.1) is 13.2 Å². The number of nitrogens with one attached hydrogen (secondary N) is 1. The van der Waals surface area contributed by atoms with E-state index < -0.39 is 17.5 Å². The van der Waals surface area contributed by atoms with Crippen LogP contribution in [0.25, 0.3) is 0 Å². The quantitative estimate of drug-likeness (QED) is 0.794. The second-order valence-corrected chi connectivity index (χ2v) is 4.58. The second kappa shape index (κ2) is 6.04. The lowest BCUT2D eigenvalue weighted by molar-refractivity contribution is 0.00786. The van der Waals surface area contributed by atoms with Gasteiger partial charge in [0.2, 0.25) is 6.79 Å². The molecule has 0 fully saturated rings. The fourth-order valence-corrected chi connectivity index (χ4v) is 2.18. The van der Waals surface area contributed by atoms with Gasteiger partial charge in [-0.2, -0.15) is 0 Å². The molecule has 2 aromatic rings. The third kappa shape index (κ3) is 2.74. The van der Waals surface area contributed by atoms with Crippen molar-refractivity contribution in [2.45, 2.75) is 6.23 Å². The van der Waals surface area contributed by atoms with Crippen LogP contribution in [-0.2, 0) is 4.74 Å². The number of aliphatic hydroxyl groups excluding tert-OH is 1. The van der Waals surface area contributed by atoms with E-state index >= 15 is 0 Å². The van der Waals surface area contributed by atoms with Gasteiger partial charge in [-0.3, -0.25) is 14.3 Å². The number of H-pyrrole nitrogens is 1. The Kier molecular flexibility index (Phi) is 3.94. The number of hydrogen-bond donors (Lipinski definition) is 2. The predicted octanol–water partition coefficient (Wildman–Crippen LogP) is -0.179. The average molecular weight is 306 g/mol. The van der Waals surface area contributed by atoms with E-state index in [4.69, 9.17) is 19.3 Å². The Morgan fingerprint density at radius 1 is 1.27 bits per heavy atom. The zero-order valence-electron chi connectivity index (χ0n) is 11.5. The van der Waals surface area contributed by atoms with E-state index in [2.05, 4.69) is 4.98 Å². The van der Waals surface area contributed by atoms with E-state index in [-0.39, 0.29) is 20.0 Å². The zero-order valence-corrected chi connectivity index (χ0v) is 11.5. The summed E-state index contributed by atoms with van der Waals surface area (Å²) in [5, 5.41) is 8.96. The SMILES string of the molecule is O=c1ccn(C(OCCO)c2ccc3c(c2)OCO3)c(=O)[nH]1. The van der Waals surface area contributed by atoms with Crippen LogP contribution in [0.3, 0.4) is 0 Å². The van der Waals surface area contributed by atoms with E-state index in [1.165, 1.54) is 16.8 Å². The Morgan fingerprint density at radius 3 is 2.86 bits per heavy atom. The minimum absolute atomic E-state index is 0.0324. The summed E-state index contributed by atoms with van der Waals surface area (Å²) in [7, 11) is 0. The standard InChI is InChI=1S/C14H14N2O6/c17-5-6-20-13(16-4-3-12(18)15-14(16)19)9-1-2-10-11(7-9)22-8-21-10/h1-4,7,13,17H,5-6,8H2,(H,15,18,19). The van der Waals surface area contributed by atoms with Crippen molar-refractivity contribution >= 4 is 0 Å². The minimum atomic E-state index is -0.800. The number of aliphatic hydroxyl groups is 1. The third-order valence-electron chi connectivity index (χ3n) is 3.15. The molecule has 1 aliphatic rings. The summed E-state index contributed by atoms with van der Waals surface area (Å²) in [5.41, 5.74) is -0.465. The first-order valence-corrected chi connectivity index (χ1v) is 6.62. The van der Waals surface area contributed by atoms with Crippen molar-refractivity contribution in [1.82, 2.24) is 9.55 Å². The Hall–Kier alpha value is -2.58. The molecule has 1 aliphatic heterocycles. The lowest BCUT2D eigenvalue weighted by Crippen LogP contribution is -2.33. The third-order valence-corrected chi connectivity index (χ3v) is 3.15. The van der Waals surface area contributed by atoms with Gasteiger partial charge in [0, 0.05) is 17.8 Å². The Bertz CT molecular complexity index is 781. The topological polar surface area (TPSA) is 103 Å². The van der Waals surface area contributed by atoms with E-state index in [9.17, 15) is 9.59 Å². The highest BCUT2D eigenvalue weighted by Crippen LogP contribution is 2.34. The number of benzene rings is 1. The molecule has 1 aromatic carbocycles. The van der Waals surface area contributed by atoms with Crippen molar-refractivity contribution in [2.24, 2.45) is 0 Å². The summed E-state index contributed by atoms with van der Waals surface area (Å²) in [4.78, 5) is 25.3. The van der Waals surface area contributed by atoms with Gasteiger partial charge in [-0.15, -0.1) is 0 Å². The summed E-state index contributed by atoms with van der Waals surface area (Å²) in [6.45, 7) is -0.0244. The molecule has 0 aliphatic carbocycles. The molecule has 1 atom stereocenters. The molecule has 0 radical (unpaired) electrons. The van der Waals surface area contributed by atoms with Gasteiger partial charge in [0.25, 0.3) is 5.56 Å². The number of hydrogen-bond acceptors (Lipinski definition) is 6. The van der Waals surface area contributed by atoms with Crippen LogP contribution in [0.15, 0.2) is 40.1 Å². The van der Waals surface area contributed by atoms with Crippen LogP contribution in [0, 0.1) is 0 Å². The number of nitrogens with zero attached hydrogens (tertiary/aromatic N) is 1. The van der Waals surface area contributed by atoms with Crippen LogP contribution >= 0.6 is 0 Å². The van der Waals surface area contributed by atoms with E-state index in [0.717, 1.165) is 0 Å². The molecule has 3 rings (SSSR count). The van der Waals surface area contributed by atoms with E-state index in [1.807, 2.05) is 0 Å². The van der Waals surface area contributed by atoms with Gasteiger partial charge >= 0.3 is 5.69 Å². The predicted molar refractivity (Wildman–Crippen MR) is 75.1 cm³/mol. The highest BCUT2D eigenvalue weighted by Gasteiger charge is 2.20. The van der Waals surface area contributed by atoms with Crippen molar-refractivity contribution < 1.29 is 19.3 Å². The molecule has 0 saturated carbocycles. The molecule has 22 heavy (non-hydrogen) atoms. The van der Waals surface area contributed by atoms with E-state index in [0.29, 0.717) is 17.1 Å². The summed E-state index contributed by atoms with van der Waals surface area (Å²) in [6, 6.07) is 6.36. The van der Waals surface area contributed by atoms with Crippen molar-refractivity contribution in [1.29, 1.82) is 0 Å². The lowest BCUT2D eigenvalue weighted by atomic mass is 10.1. The molecule has 116 valence electrons. The van der Waals surface area contributed by atoms with Gasteiger partial charge in [-0.25, -0.2) is 4.79 Å². The maximum Gasteiger partial charge on any atom is 0.330 e. The van der Waals surface area contributed by atoms with Crippen molar-refractivity contribution in [3.8, 4) is 11.5 Å². The number of fused-ring (bicyclic) bond motifs is 1. The van der Waals surface area contributed by atoms with Crippen LogP contribution in [0.4, 0.5) is 0 Å². The average Bonchev–Trinajstić information content (AvgIpc) is 2.97. The first-order chi connectivity index (χ1) is 10.7. The largest absolute Gasteiger partial charge is 0.454 e. The van der Waals surface area contributed by atoms with Gasteiger partial charge in [-0.05, 0) is 12.1 Å². The van der Waals surface area contributed by atoms with Crippen LogP contribution in [0.1, 0.15) is 11.8 Å². The Labute approximate surface area is 124 Å². The van der Waals surface area contributed by atoms with Crippen molar-refractivity contribution in [3.63, 3.8) is 0 Å². The Balaban J connectivity index is 2.02. The molecular formula is C14H14N2O6. The number of aromatic amines is 1. The fourth-order valence-electron chi connectivity index (χ4n) is 2.18. The number of rotatable bonds is 5. The Morgan fingerprint density at radius 2 is 2.09 bits per heavy atom. The molecule has 0 amide bonds. The second-order valence-electron chi connectivity index (χ2n) is 4.58. The smallest absolute Gasteiger partial charge is 0.330 e. The molecule has 2 heterocycles.